The maximum Gasteiger partial charge on any atom is 0.123 e. The first kappa shape index (κ1) is 32.7. The Kier molecular flexibility index (Phi) is 20.6. The summed E-state index contributed by atoms with van der Waals surface area (Å²) in [6.07, 6.45) is 9.53. The number of nitrogens with zero attached hydrogens (tertiary/aromatic N) is 1. The lowest BCUT2D eigenvalue weighted by atomic mass is 10.1. The number of halogens is 1. The number of hydrogen-bond acceptors (Lipinski definition) is 4. The molecule has 178 valence electrons. The first-order chi connectivity index (χ1) is 15.0. The Labute approximate surface area is 210 Å². The fourth-order valence-electron chi connectivity index (χ4n) is 2.11. The van der Waals surface area contributed by atoms with Crippen molar-refractivity contribution in [3.8, 4) is 0 Å². The Morgan fingerprint density at radius 1 is 1.12 bits per heavy atom. The third kappa shape index (κ3) is 11.9. The van der Waals surface area contributed by atoms with E-state index in [-0.39, 0.29) is 7.43 Å². The minimum atomic E-state index is 0. The van der Waals surface area contributed by atoms with E-state index in [0.717, 1.165) is 28.5 Å². The lowest BCUT2D eigenvalue weighted by Crippen LogP contribution is -2.06. The van der Waals surface area contributed by atoms with Crippen molar-refractivity contribution in [2.45, 2.75) is 73.1 Å². The van der Waals surface area contributed by atoms with Gasteiger partial charge in [0.05, 0.1) is 5.71 Å². The second-order valence-corrected chi connectivity index (χ2v) is 9.08. The number of rotatable bonds is 4. The predicted molar refractivity (Wildman–Crippen MR) is 151 cm³/mol. The monoisotopic (exact) mass is 493 g/mol. The van der Waals surface area contributed by atoms with E-state index in [9.17, 15) is 4.79 Å². The van der Waals surface area contributed by atoms with Gasteiger partial charge in [0.2, 0.25) is 0 Å². The molecule has 2 nitrogen and oxygen atoms in total. The molecule has 2 aliphatic rings. The van der Waals surface area contributed by atoms with Crippen molar-refractivity contribution >= 4 is 47.1 Å². The molecule has 0 spiro atoms. The van der Waals surface area contributed by atoms with Gasteiger partial charge in [-0.25, -0.2) is 0 Å². The molecule has 0 fully saturated rings. The van der Waals surface area contributed by atoms with E-state index in [2.05, 4.69) is 64.6 Å². The molecule has 0 atom stereocenters. The van der Waals surface area contributed by atoms with Gasteiger partial charge in [-0.1, -0.05) is 95.6 Å². The summed E-state index contributed by atoms with van der Waals surface area (Å²) in [6, 6.07) is 8.46. The van der Waals surface area contributed by atoms with Crippen molar-refractivity contribution in [1.29, 1.82) is 0 Å². The van der Waals surface area contributed by atoms with Gasteiger partial charge in [0.1, 0.15) is 6.29 Å². The number of aliphatic imine (C=N–C) groups is 1. The molecule has 0 unspecified atom stereocenters. The van der Waals surface area contributed by atoms with E-state index in [0.29, 0.717) is 6.42 Å². The Morgan fingerprint density at radius 2 is 1.75 bits per heavy atom. The normalized spacial score (nSPS) is 13.9. The average molecular weight is 494 g/mol. The lowest BCUT2D eigenvalue weighted by molar-refractivity contribution is -0.107. The van der Waals surface area contributed by atoms with Gasteiger partial charge in [-0.05, 0) is 32.1 Å². The highest BCUT2D eigenvalue weighted by Crippen LogP contribution is 2.38. The maximum absolute atomic E-state index is 9.33. The van der Waals surface area contributed by atoms with Gasteiger partial charge < -0.3 is 4.79 Å². The quantitative estimate of drug-likeness (QED) is 0.308. The smallest absolute Gasteiger partial charge is 0.123 e. The largest absolute Gasteiger partial charge is 0.303 e. The van der Waals surface area contributed by atoms with Crippen LogP contribution in [-0.4, -0.2) is 17.8 Å². The van der Waals surface area contributed by atoms with E-state index < -0.39 is 0 Å². The van der Waals surface area contributed by atoms with Crippen molar-refractivity contribution in [3.63, 3.8) is 0 Å². The first-order valence-electron chi connectivity index (χ1n) is 10.8. The van der Waals surface area contributed by atoms with Gasteiger partial charge in [0, 0.05) is 43.2 Å². The molecule has 0 amide bonds. The van der Waals surface area contributed by atoms with Gasteiger partial charge in [0.25, 0.3) is 0 Å². The molecule has 2 aliphatic heterocycles. The van der Waals surface area contributed by atoms with Crippen molar-refractivity contribution in [2.75, 3.05) is 5.75 Å². The topological polar surface area (TPSA) is 29.4 Å². The second kappa shape index (κ2) is 20.1. The van der Waals surface area contributed by atoms with Crippen LogP contribution in [0.15, 0.2) is 79.5 Å². The molecule has 3 rings (SSSR count). The van der Waals surface area contributed by atoms with Crippen LogP contribution < -0.4 is 0 Å². The first-order valence-corrected chi connectivity index (χ1v) is 12.9. The van der Waals surface area contributed by atoms with Crippen molar-refractivity contribution in [3.05, 3.63) is 75.2 Å². The fraction of sp³-hybridized carbons (Fsp3) is 0.407. The van der Waals surface area contributed by atoms with E-state index in [1.165, 1.54) is 33.1 Å². The van der Waals surface area contributed by atoms with Crippen molar-refractivity contribution < 1.29 is 4.79 Å². The zero-order valence-electron chi connectivity index (χ0n) is 19.7. The fourth-order valence-corrected chi connectivity index (χ4v) is 4.13. The van der Waals surface area contributed by atoms with Crippen LogP contribution in [0, 0.1) is 0 Å². The number of carbonyl (C=O) groups excluding carboxylic acids is 1. The Balaban J connectivity index is 0. The number of thioether (sulfide) groups is 2. The molecule has 1 aromatic carbocycles. The van der Waals surface area contributed by atoms with Gasteiger partial charge in [-0.15, -0.1) is 18.3 Å². The van der Waals surface area contributed by atoms with Crippen LogP contribution in [0.1, 0.15) is 73.8 Å². The highest BCUT2D eigenvalue weighted by atomic mass is 35.5. The molecule has 0 radical (unpaired) electrons. The highest BCUT2D eigenvalue weighted by molar-refractivity contribution is 8.04. The minimum Gasteiger partial charge on any atom is -0.303 e. The van der Waals surface area contributed by atoms with Crippen molar-refractivity contribution in [1.82, 2.24) is 0 Å². The van der Waals surface area contributed by atoms with Crippen molar-refractivity contribution in [2.24, 2.45) is 4.99 Å². The van der Waals surface area contributed by atoms with Crippen LogP contribution in [0.2, 0.25) is 0 Å². The lowest BCUT2D eigenvalue weighted by Gasteiger charge is -2.14. The molecule has 0 bridgehead atoms. The van der Waals surface area contributed by atoms with Gasteiger partial charge >= 0.3 is 0 Å². The highest BCUT2D eigenvalue weighted by Gasteiger charge is 2.20. The molecular weight excluding hydrogens is 454 g/mol. The van der Waals surface area contributed by atoms with Crippen LogP contribution in [0.4, 0.5) is 0 Å². The van der Waals surface area contributed by atoms with Crippen LogP contribution in [0.3, 0.4) is 0 Å². The van der Waals surface area contributed by atoms with Crippen LogP contribution in [0.5, 0.6) is 0 Å². The Bertz CT molecular complexity index is 815. The summed E-state index contributed by atoms with van der Waals surface area (Å²) in [5.41, 5.74) is 3.36. The number of aldehydes is 1. The van der Waals surface area contributed by atoms with Gasteiger partial charge in [0.15, 0.2) is 0 Å². The molecular formula is C27H40ClNOS2. The summed E-state index contributed by atoms with van der Waals surface area (Å²) in [5.74, 6) is 0.823. The van der Waals surface area contributed by atoms with Gasteiger partial charge in [-0.3, -0.25) is 4.99 Å². The molecule has 5 heteroatoms. The minimum absolute atomic E-state index is 0. The number of allylic oxidation sites excluding steroid dienone is 6. The number of fused-ring (bicyclic) bond motifs is 1. The molecule has 32 heavy (non-hydrogen) atoms. The Morgan fingerprint density at radius 3 is 2.22 bits per heavy atom. The number of hydrogen-bond donors (Lipinski definition) is 0. The molecule has 0 N–H and O–H groups in total. The van der Waals surface area contributed by atoms with E-state index in [4.69, 9.17) is 16.6 Å². The molecule has 1 aromatic rings. The van der Waals surface area contributed by atoms with Crippen LogP contribution in [0.25, 0.3) is 0 Å². The summed E-state index contributed by atoms with van der Waals surface area (Å²) in [5, 5.41) is 0.888. The van der Waals surface area contributed by atoms with Gasteiger partial charge in [-0.2, -0.15) is 0 Å². The van der Waals surface area contributed by atoms with Crippen LogP contribution in [-0.2, 0) is 4.79 Å². The van der Waals surface area contributed by atoms with E-state index in [1.807, 2.05) is 19.9 Å². The summed E-state index contributed by atoms with van der Waals surface area (Å²) >= 11 is 9.60. The Hall–Kier alpha value is -1.49. The standard InChI is InChI=1S/C16H14ClNS2.C4H6O.C4H10.C2H6.CH4/c1-10-11(2)20-14-6-4-3-5-13(14)16(18-10)15-8-7-12(17)9-19-15;1-2-3-4-5;1-3-4-2;1-2;/h3-8H,9H2,1-2H3;2,4H,1,3H2;3-4H2,1-2H3;1-2H3;1H4. The molecule has 0 saturated heterocycles. The summed E-state index contributed by atoms with van der Waals surface area (Å²) in [4.78, 5) is 17.9. The third-order valence-corrected chi connectivity index (χ3v) is 6.66. The zero-order valence-corrected chi connectivity index (χ0v) is 22.1. The SMILES string of the molecule is C.C=CCC=O.CC.CC1=C(C)Sc2ccccc2C(C2=CC=C(Cl)CS2)=N1.CCCC. The maximum atomic E-state index is 9.33. The summed E-state index contributed by atoms with van der Waals surface area (Å²) in [6.45, 7) is 15.9. The summed E-state index contributed by atoms with van der Waals surface area (Å²) < 4.78 is 0. The number of unbranched alkanes of at least 4 members (excludes halogenated alkanes) is 1. The third-order valence-electron chi connectivity index (χ3n) is 3.97. The average Bonchev–Trinajstić information content (AvgIpc) is 2.93. The van der Waals surface area contributed by atoms with E-state index in [1.54, 1.807) is 29.6 Å². The van der Waals surface area contributed by atoms with E-state index >= 15 is 0 Å². The van der Waals surface area contributed by atoms with Crippen LogP contribution >= 0.6 is 35.1 Å². The molecule has 2 heterocycles. The number of carbonyl (C=O) groups is 1. The summed E-state index contributed by atoms with van der Waals surface area (Å²) in [7, 11) is 0. The zero-order chi connectivity index (χ0) is 23.6. The molecule has 0 aliphatic carbocycles. The second-order valence-electron chi connectivity index (χ2n) is 6.32. The molecule has 0 saturated carbocycles. The number of benzene rings is 1. The predicted octanol–water partition coefficient (Wildman–Crippen LogP) is 9.82. The molecule has 0 aromatic heterocycles.